The predicted molar refractivity (Wildman–Crippen MR) is 98.2 cm³/mol. The van der Waals surface area contributed by atoms with Crippen LogP contribution in [0.2, 0.25) is 0 Å². The molecule has 1 saturated carbocycles. The molecule has 7 heteroatoms. The zero-order valence-corrected chi connectivity index (χ0v) is 15.7. The highest BCUT2D eigenvalue weighted by atomic mass is 32.2. The van der Waals surface area contributed by atoms with Crippen LogP contribution in [0.5, 0.6) is 5.75 Å². The van der Waals surface area contributed by atoms with Crippen molar-refractivity contribution in [1.29, 1.82) is 0 Å². The lowest BCUT2D eigenvalue weighted by atomic mass is 10.1. The summed E-state index contributed by atoms with van der Waals surface area (Å²) >= 11 is 3.09. The summed E-state index contributed by atoms with van der Waals surface area (Å²) in [5.74, 6) is 1.78. The minimum Gasteiger partial charge on any atom is -0.492 e. The molecule has 0 spiro atoms. The molecule has 0 radical (unpaired) electrons. The Bertz CT molecular complexity index is 728. The van der Waals surface area contributed by atoms with Crippen LogP contribution >= 0.6 is 23.1 Å². The van der Waals surface area contributed by atoms with E-state index >= 15 is 0 Å². The molecule has 5 nitrogen and oxygen atoms in total. The molecular formula is C17H21N3O2S2. The lowest BCUT2D eigenvalue weighted by Crippen LogP contribution is -2.30. The van der Waals surface area contributed by atoms with Crippen LogP contribution in [0.15, 0.2) is 22.5 Å². The van der Waals surface area contributed by atoms with Crippen molar-refractivity contribution in [3.05, 3.63) is 29.3 Å². The first-order chi connectivity index (χ1) is 11.5. The molecule has 0 atom stereocenters. The van der Waals surface area contributed by atoms with E-state index in [0.717, 1.165) is 34.2 Å². The van der Waals surface area contributed by atoms with Gasteiger partial charge in [-0.05, 0) is 43.9 Å². The van der Waals surface area contributed by atoms with Gasteiger partial charge < -0.3 is 4.74 Å². The van der Waals surface area contributed by atoms with Gasteiger partial charge >= 0.3 is 0 Å². The number of carbonyl (C=O) groups is 1. The van der Waals surface area contributed by atoms with Crippen molar-refractivity contribution in [1.82, 2.24) is 10.2 Å². The molecule has 24 heavy (non-hydrogen) atoms. The highest BCUT2D eigenvalue weighted by Crippen LogP contribution is 2.35. The Morgan fingerprint density at radius 3 is 2.88 bits per heavy atom. The fourth-order valence-corrected chi connectivity index (χ4v) is 4.23. The minimum atomic E-state index is 0.0449. The molecular weight excluding hydrogens is 342 g/mol. The number of ether oxygens (including phenoxy) is 1. The zero-order valence-electron chi connectivity index (χ0n) is 14.1. The maximum atomic E-state index is 11.7. The van der Waals surface area contributed by atoms with E-state index in [1.807, 2.05) is 6.92 Å². The molecule has 128 valence electrons. The number of benzene rings is 1. The molecule has 1 heterocycles. The molecule has 0 bridgehead atoms. The van der Waals surface area contributed by atoms with Gasteiger partial charge in [0.2, 0.25) is 11.0 Å². The third kappa shape index (κ3) is 4.27. The van der Waals surface area contributed by atoms with Crippen LogP contribution in [0.3, 0.4) is 0 Å². The van der Waals surface area contributed by atoms with Crippen molar-refractivity contribution in [3.63, 3.8) is 0 Å². The summed E-state index contributed by atoms with van der Waals surface area (Å²) < 4.78 is 6.73. The normalized spacial score (nSPS) is 13.8. The van der Waals surface area contributed by atoms with Crippen molar-refractivity contribution in [3.8, 4) is 5.75 Å². The van der Waals surface area contributed by atoms with Crippen molar-refractivity contribution >= 4 is 34.1 Å². The highest BCUT2D eigenvalue weighted by molar-refractivity contribution is 8.01. The van der Waals surface area contributed by atoms with Crippen LogP contribution in [-0.2, 0) is 4.79 Å². The fraction of sp³-hybridized carbons (Fsp3) is 0.471. The Kier molecular flexibility index (Phi) is 5.40. The summed E-state index contributed by atoms with van der Waals surface area (Å²) in [5.41, 5.74) is 2.34. The molecule has 1 aromatic heterocycles. The first-order valence-corrected chi connectivity index (χ1v) is 9.81. The summed E-state index contributed by atoms with van der Waals surface area (Å²) in [6, 6.07) is 6.54. The van der Waals surface area contributed by atoms with Crippen LogP contribution in [0.4, 0.5) is 5.13 Å². The Hall–Kier alpha value is -1.60. The van der Waals surface area contributed by atoms with Gasteiger partial charge in [0.05, 0.1) is 6.61 Å². The van der Waals surface area contributed by atoms with Crippen molar-refractivity contribution in [2.45, 2.75) is 44.0 Å². The lowest BCUT2D eigenvalue weighted by molar-refractivity contribution is -0.116. The summed E-state index contributed by atoms with van der Waals surface area (Å²) in [6.45, 7) is 6.31. The number of rotatable bonds is 7. The molecule has 1 fully saturated rings. The molecule has 0 unspecified atom stereocenters. The molecule has 3 rings (SSSR count). The van der Waals surface area contributed by atoms with E-state index in [4.69, 9.17) is 4.74 Å². The predicted octanol–water partition coefficient (Wildman–Crippen LogP) is 3.84. The molecule has 0 aliphatic heterocycles. The third-order valence-corrected chi connectivity index (χ3v) is 5.78. The Labute approximate surface area is 150 Å². The van der Waals surface area contributed by atoms with E-state index in [-0.39, 0.29) is 5.91 Å². The second kappa shape index (κ2) is 7.53. The van der Waals surface area contributed by atoms with E-state index in [1.54, 1.807) is 23.6 Å². The fourth-order valence-electron chi connectivity index (χ4n) is 2.38. The number of anilines is 1. The number of carbonyl (C=O) groups excluding carboxylic acids is 1. The summed E-state index contributed by atoms with van der Waals surface area (Å²) in [6.07, 6.45) is 2.12. The largest absolute Gasteiger partial charge is 0.492 e. The van der Waals surface area contributed by atoms with Crippen LogP contribution in [-0.4, -0.2) is 34.5 Å². The van der Waals surface area contributed by atoms with E-state index in [9.17, 15) is 4.79 Å². The number of aryl methyl sites for hydroxylation is 2. The average molecular weight is 364 g/mol. The third-order valence-electron chi connectivity index (χ3n) is 3.76. The number of hydrogen-bond donors (Lipinski definition) is 0. The number of aromatic nitrogens is 2. The molecule has 1 aromatic carbocycles. The van der Waals surface area contributed by atoms with Gasteiger partial charge in [-0.2, -0.15) is 0 Å². The smallest absolute Gasteiger partial charge is 0.225 e. The monoisotopic (exact) mass is 363 g/mol. The minimum absolute atomic E-state index is 0.0449. The summed E-state index contributed by atoms with van der Waals surface area (Å²) in [4.78, 5) is 13.5. The number of hydrogen-bond acceptors (Lipinski definition) is 6. The Morgan fingerprint density at radius 2 is 2.17 bits per heavy atom. The number of nitrogens with zero attached hydrogens (tertiary/aromatic N) is 3. The molecule has 0 saturated heterocycles. The first kappa shape index (κ1) is 17.2. The van der Waals surface area contributed by atoms with Gasteiger partial charge in [-0.3, -0.25) is 9.69 Å². The van der Waals surface area contributed by atoms with Gasteiger partial charge in [0.1, 0.15) is 5.75 Å². The number of thioether (sulfide) groups is 1. The van der Waals surface area contributed by atoms with Crippen molar-refractivity contribution in [2.24, 2.45) is 0 Å². The van der Waals surface area contributed by atoms with Gasteiger partial charge in [-0.1, -0.05) is 35.2 Å². The molecule has 0 N–H and O–H groups in total. The van der Waals surface area contributed by atoms with Crippen molar-refractivity contribution < 1.29 is 9.53 Å². The Balaban J connectivity index is 1.50. The second-order valence-electron chi connectivity index (χ2n) is 5.94. The lowest BCUT2D eigenvalue weighted by Gasteiger charge is -2.15. The number of amides is 1. The van der Waals surface area contributed by atoms with E-state index < -0.39 is 0 Å². The summed E-state index contributed by atoms with van der Waals surface area (Å²) in [5, 5.41) is 9.07. The van der Waals surface area contributed by atoms with E-state index in [2.05, 4.69) is 35.3 Å². The van der Waals surface area contributed by atoms with Gasteiger partial charge in [0.25, 0.3) is 0 Å². The van der Waals surface area contributed by atoms with Crippen molar-refractivity contribution in [2.75, 3.05) is 17.3 Å². The SMILES string of the molecule is CC(=O)N(c1nnc(SCCOc2cc(C)ccc2C)s1)C1CC1. The van der Waals surface area contributed by atoms with Crippen LogP contribution in [0, 0.1) is 13.8 Å². The van der Waals surface area contributed by atoms with Crippen LogP contribution in [0.25, 0.3) is 0 Å². The maximum Gasteiger partial charge on any atom is 0.225 e. The average Bonchev–Trinajstić information content (AvgIpc) is 3.25. The second-order valence-corrected chi connectivity index (χ2v) is 8.23. The van der Waals surface area contributed by atoms with Gasteiger partial charge in [-0.15, -0.1) is 10.2 Å². The molecule has 1 amide bonds. The highest BCUT2D eigenvalue weighted by Gasteiger charge is 2.34. The standard InChI is InChI=1S/C17H21N3O2S2/c1-11-4-5-12(2)15(10-11)22-8-9-23-17-19-18-16(24-17)20(13(3)21)14-6-7-14/h4-5,10,14H,6-9H2,1-3H3. The van der Waals surface area contributed by atoms with Gasteiger partial charge in [0, 0.05) is 18.7 Å². The zero-order chi connectivity index (χ0) is 17.1. The van der Waals surface area contributed by atoms with Gasteiger partial charge in [0.15, 0.2) is 4.34 Å². The molecule has 2 aromatic rings. The van der Waals surface area contributed by atoms with Crippen LogP contribution < -0.4 is 9.64 Å². The first-order valence-electron chi connectivity index (χ1n) is 8.01. The maximum absolute atomic E-state index is 11.7. The summed E-state index contributed by atoms with van der Waals surface area (Å²) in [7, 11) is 0. The van der Waals surface area contributed by atoms with E-state index in [0.29, 0.717) is 17.8 Å². The quantitative estimate of drug-likeness (QED) is 0.425. The van der Waals surface area contributed by atoms with Crippen LogP contribution in [0.1, 0.15) is 30.9 Å². The Morgan fingerprint density at radius 1 is 1.38 bits per heavy atom. The van der Waals surface area contributed by atoms with E-state index in [1.165, 1.54) is 16.9 Å². The van der Waals surface area contributed by atoms with Gasteiger partial charge in [-0.25, -0.2) is 0 Å². The molecule has 1 aliphatic carbocycles. The molecule has 1 aliphatic rings. The topological polar surface area (TPSA) is 55.3 Å².